The van der Waals surface area contributed by atoms with E-state index in [0.717, 1.165) is 43.5 Å². The molecule has 1 unspecified atom stereocenters. The minimum atomic E-state index is -0.206. The number of piperazine rings is 1. The number of benzene rings is 1. The predicted molar refractivity (Wildman–Crippen MR) is 102 cm³/mol. The number of anilines is 1. The van der Waals surface area contributed by atoms with Gasteiger partial charge in [0.1, 0.15) is 5.82 Å². The number of amides is 1. The minimum Gasteiger partial charge on any atom is -0.368 e. The van der Waals surface area contributed by atoms with Crippen molar-refractivity contribution < 1.29 is 9.18 Å². The molecule has 2 heterocycles. The van der Waals surface area contributed by atoms with Crippen molar-refractivity contribution in [2.45, 2.75) is 37.4 Å². The van der Waals surface area contributed by atoms with Gasteiger partial charge in [-0.05, 0) is 43.5 Å². The van der Waals surface area contributed by atoms with Gasteiger partial charge >= 0.3 is 0 Å². The molecule has 0 aliphatic carbocycles. The zero-order valence-electron chi connectivity index (χ0n) is 14.0. The largest absolute Gasteiger partial charge is 0.368 e. The van der Waals surface area contributed by atoms with Crippen molar-refractivity contribution in [1.29, 1.82) is 0 Å². The molecule has 1 atom stereocenters. The van der Waals surface area contributed by atoms with Gasteiger partial charge in [0.25, 0.3) is 0 Å². The predicted octanol–water partition coefficient (Wildman–Crippen LogP) is 4.19. The fraction of sp³-hybridized carbons (Fsp3) is 0.611. The summed E-state index contributed by atoms with van der Waals surface area (Å²) in [6, 6.07) is 6.61. The molecular formula is C18H25FN2OS2. The molecule has 2 aliphatic heterocycles. The van der Waals surface area contributed by atoms with Crippen molar-refractivity contribution in [1.82, 2.24) is 4.90 Å². The topological polar surface area (TPSA) is 23.6 Å². The first-order chi connectivity index (χ1) is 11.7. The number of rotatable bonds is 6. The first-order valence-corrected chi connectivity index (χ1v) is 11.2. The molecule has 0 bridgehead atoms. The van der Waals surface area contributed by atoms with Crippen LogP contribution in [0, 0.1) is 5.82 Å². The van der Waals surface area contributed by atoms with Crippen LogP contribution in [-0.2, 0) is 4.79 Å². The summed E-state index contributed by atoms with van der Waals surface area (Å²) in [5.74, 6) is 1.37. The standard InChI is InChI=1S/C18H25FN2OS2/c19-15-5-7-16(8-6-15)20-10-12-21(13-11-20)18(22)4-2-1-3-17-9-14-23-24-17/h5-8,17H,1-4,9-14H2. The number of carbonyl (C=O) groups is 1. The molecule has 24 heavy (non-hydrogen) atoms. The normalized spacial score (nSPS) is 21.3. The Balaban J connectivity index is 1.34. The number of halogens is 1. The summed E-state index contributed by atoms with van der Waals surface area (Å²) in [4.78, 5) is 16.5. The fourth-order valence-corrected chi connectivity index (χ4v) is 6.26. The van der Waals surface area contributed by atoms with Gasteiger partial charge in [0.15, 0.2) is 0 Å². The Morgan fingerprint density at radius 3 is 2.54 bits per heavy atom. The third kappa shape index (κ3) is 5.06. The summed E-state index contributed by atoms with van der Waals surface area (Å²) >= 11 is 0. The van der Waals surface area contributed by atoms with E-state index in [-0.39, 0.29) is 5.82 Å². The van der Waals surface area contributed by atoms with Crippen LogP contribution in [0.5, 0.6) is 0 Å². The number of hydrogen-bond acceptors (Lipinski definition) is 4. The lowest BCUT2D eigenvalue weighted by Gasteiger charge is -2.36. The Bertz CT molecular complexity index is 526. The van der Waals surface area contributed by atoms with Crippen molar-refractivity contribution in [3.05, 3.63) is 30.1 Å². The summed E-state index contributed by atoms with van der Waals surface area (Å²) < 4.78 is 13.0. The Morgan fingerprint density at radius 1 is 1.12 bits per heavy atom. The highest BCUT2D eigenvalue weighted by molar-refractivity contribution is 8.77. The van der Waals surface area contributed by atoms with Crippen LogP contribution in [-0.4, -0.2) is 48.0 Å². The lowest BCUT2D eigenvalue weighted by molar-refractivity contribution is -0.131. The van der Waals surface area contributed by atoms with E-state index in [0.29, 0.717) is 12.3 Å². The third-order valence-electron chi connectivity index (χ3n) is 4.72. The van der Waals surface area contributed by atoms with Crippen molar-refractivity contribution in [3.8, 4) is 0 Å². The molecule has 0 aromatic heterocycles. The third-order valence-corrected chi connectivity index (χ3v) is 7.72. The van der Waals surface area contributed by atoms with Crippen LogP contribution >= 0.6 is 21.6 Å². The lowest BCUT2D eigenvalue weighted by atomic mass is 10.1. The van der Waals surface area contributed by atoms with Gasteiger partial charge in [-0.1, -0.05) is 28.0 Å². The van der Waals surface area contributed by atoms with Gasteiger partial charge in [0.2, 0.25) is 5.91 Å². The van der Waals surface area contributed by atoms with Crippen LogP contribution in [0.4, 0.5) is 10.1 Å². The van der Waals surface area contributed by atoms with E-state index in [2.05, 4.69) is 4.90 Å². The minimum absolute atomic E-state index is 0.206. The number of carbonyl (C=O) groups excluding carboxylic acids is 1. The molecule has 1 amide bonds. The van der Waals surface area contributed by atoms with Crippen LogP contribution in [0.1, 0.15) is 32.1 Å². The molecule has 132 valence electrons. The van der Waals surface area contributed by atoms with Crippen molar-refractivity contribution in [2.24, 2.45) is 0 Å². The second-order valence-corrected chi connectivity index (χ2v) is 9.21. The SMILES string of the molecule is O=C(CCCCC1CCSS1)N1CCN(c2ccc(F)cc2)CC1. The Morgan fingerprint density at radius 2 is 1.88 bits per heavy atom. The van der Waals surface area contributed by atoms with Crippen LogP contribution in [0.25, 0.3) is 0 Å². The first kappa shape index (κ1) is 17.9. The van der Waals surface area contributed by atoms with E-state index in [1.807, 2.05) is 38.6 Å². The van der Waals surface area contributed by atoms with Crippen molar-refractivity contribution in [3.63, 3.8) is 0 Å². The summed E-state index contributed by atoms with van der Waals surface area (Å²) in [6.45, 7) is 3.19. The molecule has 3 nitrogen and oxygen atoms in total. The van der Waals surface area contributed by atoms with E-state index in [4.69, 9.17) is 0 Å². The van der Waals surface area contributed by atoms with E-state index < -0.39 is 0 Å². The lowest BCUT2D eigenvalue weighted by Crippen LogP contribution is -2.48. The molecule has 3 rings (SSSR count). The summed E-state index contributed by atoms with van der Waals surface area (Å²) in [5.41, 5.74) is 1.04. The monoisotopic (exact) mass is 368 g/mol. The van der Waals surface area contributed by atoms with Gasteiger partial charge in [-0.15, -0.1) is 0 Å². The second-order valence-electron chi connectivity index (χ2n) is 6.42. The van der Waals surface area contributed by atoms with Gasteiger partial charge in [0.05, 0.1) is 0 Å². The summed E-state index contributed by atoms with van der Waals surface area (Å²) in [7, 11) is 4.00. The highest BCUT2D eigenvalue weighted by Crippen LogP contribution is 2.39. The molecule has 2 saturated heterocycles. The van der Waals surface area contributed by atoms with E-state index in [9.17, 15) is 9.18 Å². The zero-order chi connectivity index (χ0) is 16.8. The Labute approximate surface area is 151 Å². The Hall–Kier alpha value is -0.880. The Kier molecular flexibility index (Phi) is 6.72. The molecule has 0 saturated carbocycles. The van der Waals surface area contributed by atoms with Crippen LogP contribution < -0.4 is 4.90 Å². The molecule has 0 N–H and O–H groups in total. The molecular weight excluding hydrogens is 343 g/mol. The number of unbranched alkanes of at least 4 members (excludes halogenated alkanes) is 1. The smallest absolute Gasteiger partial charge is 0.222 e. The van der Waals surface area contributed by atoms with E-state index in [1.54, 1.807) is 0 Å². The number of nitrogens with zero attached hydrogens (tertiary/aromatic N) is 2. The maximum absolute atomic E-state index is 13.0. The van der Waals surface area contributed by atoms with Gasteiger partial charge in [0, 0.05) is 49.3 Å². The molecule has 6 heteroatoms. The van der Waals surface area contributed by atoms with E-state index >= 15 is 0 Å². The highest BCUT2D eigenvalue weighted by atomic mass is 33.1. The molecule has 1 aromatic rings. The van der Waals surface area contributed by atoms with Crippen molar-refractivity contribution >= 4 is 33.2 Å². The number of hydrogen-bond donors (Lipinski definition) is 0. The van der Waals surface area contributed by atoms with Crippen LogP contribution in [0.15, 0.2) is 24.3 Å². The van der Waals surface area contributed by atoms with Gasteiger partial charge < -0.3 is 9.80 Å². The average Bonchev–Trinajstić information content (AvgIpc) is 3.13. The summed E-state index contributed by atoms with van der Waals surface area (Å²) in [5, 5.41) is 0.810. The quantitative estimate of drug-likeness (QED) is 0.555. The second kappa shape index (κ2) is 8.99. The molecule has 1 aromatic carbocycles. The highest BCUT2D eigenvalue weighted by Gasteiger charge is 2.21. The van der Waals surface area contributed by atoms with Crippen LogP contribution in [0.2, 0.25) is 0 Å². The maximum atomic E-state index is 13.0. The van der Waals surface area contributed by atoms with Gasteiger partial charge in [-0.25, -0.2) is 4.39 Å². The molecule has 0 radical (unpaired) electrons. The summed E-state index contributed by atoms with van der Waals surface area (Å²) in [6.07, 6.45) is 5.44. The van der Waals surface area contributed by atoms with E-state index in [1.165, 1.54) is 37.1 Å². The molecule has 2 fully saturated rings. The molecule has 2 aliphatic rings. The fourth-order valence-electron chi connectivity index (χ4n) is 3.24. The van der Waals surface area contributed by atoms with Gasteiger partial charge in [-0.3, -0.25) is 4.79 Å². The zero-order valence-corrected chi connectivity index (χ0v) is 15.6. The average molecular weight is 369 g/mol. The first-order valence-electron chi connectivity index (χ1n) is 8.79. The van der Waals surface area contributed by atoms with Crippen molar-refractivity contribution in [2.75, 3.05) is 36.8 Å². The maximum Gasteiger partial charge on any atom is 0.222 e. The molecule has 0 spiro atoms. The van der Waals surface area contributed by atoms with Gasteiger partial charge in [-0.2, -0.15) is 0 Å². The van der Waals surface area contributed by atoms with Crippen LogP contribution in [0.3, 0.4) is 0 Å².